The first-order valence-corrected chi connectivity index (χ1v) is 10.3. The molecule has 2 unspecified atom stereocenters. The highest BCUT2D eigenvalue weighted by Crippen LogP contribution is 2.46. The predicted octanol–water partition coefficient (Wildman–Crippen LogP) is 3.53. The Morgan fingerprint density at radius 2 is 2.03 bits per heavy atom. The van der Waals surface area contributed by atoms with Crippen molar-refractivity contribution in [2.24, 2.45) is 0 Å². The summed E-state index contributed by atoms with van der Waals surface area (Å²) in [5.74, 6) is 1.48. The molecule has 2 atom stereocenters. The van der Waals surface area contributed by atoms with Gasteiger partial charge in [-0.15, -0.1) is 6.58 Å². The van der Waals surface area contributed by atoms with E-state index in [4.69, 9.17) is 21.7 Å². The van der Waals surface area contributed by atoms with E-state index in [0.717, 1.165) is 27.9 Å². The fourth-order valence-corrected chi connectivity index (χ4v) is 5.25. The largest absolute Gasteiger partial charge is 0.454 e. The third-order valence-electron chi connectivity index (χ3n) is 6.16. The summed E-state index contributed by atoms with van der Waals surface area (Å²) in [6, 6.07) is 13.6. The lowest BCUT2D eigenvalue weighted by atomic mass is 9.89. The summed E-state index contributed by atoms with van der Waals surface area (Å²) in [5.41, 5.74) is 4.32. The Bertz CT molecular complexity index is 1230. The highest BCUT2D eigenvalue weighted by molar-refractivity contribution is 7.80. The van der Waals surface area contributed by atoms with Crippen LogP contribution in [0.3, 0.4) is 0 Å². The number of ether oxygens (including phenoxy) is 2. The number of rotatable bonds is 3. The van der Waals surface area contributed by atoms with Gasteiger partial charge in [0, 0.05) is 29.6 Å². The lowest BCUT2D eigenvalue weighted by molar-refractivity contribution is -0.128. The molecule has 6 nitrogen and oxygen atoms in total. The number of hydrogen-bond donors (Lipinski definition) is 1. The molecule has 3 aliphatic rings. The number of carbonyl (C=O) groups is 1. The van der Waals surface area contributed by atoms with Crippen molar-refractivity contribution in [3.8, 4) is 11.5 Å². The Morgan fingerprint density at radius 3 is 2.90 bits per heavy atom. The molecule has 2 aromatic carbocycles. The highest BCUT2D eigenvalue weighted by atomic mass is 32.1. The molecular formula is C23H19N3O3S. The molecule has 0 radical (unpaired) electrons. The summed E-state index contributed by atoms with van der Waals surface area (Å²) in [6.07, 6.45) is 2.33. The van der Waals surface area contributed by atoms with Crippen LogP contribution in [0, 0.1) is 0 Å². The van der Waals surface area contributed by atoms with Gasteiger partial charge in [-0.05, 0) is 41.5 Å². The summed E-state index contributed by atoms with van der Waals surface area (Å²) in [4.78, 5) is 20.6. The van der Waals surface area contributed by atoms with Crippen LogP contribution in [0.1, 0.15) is 22.9 Å². The molecule has 0 aliphatic carbocycles. The van der Waals surface area contributed by atoms with Crippen molar-refractivity contribution in [1.82, 2.24) is 14.8 Å². The second-order valence-electron chi connectivity index (χ2n) is 7.73. The van der Waals surface area contributed by atoms with Crippen LogP contribution >= 0.6 is 12.2 Å². The smallest absolute Gasteiger partial charge is 0.252 e. The van der Waals surface area contributed by atoms with E-state index in [9.17, 15) is 4.79 Å². The minimum absolute atomic E-state index is 0.0292. The number of thiocarbonyl (C=S) groups is 1. The maximum atomic E-state index is 13.3. The van der Waals surface area contributed by atoms with Crippen molar-refractivity contribution < 1.29 is 14.3 Å². The zero-order valence-corrected chi connectivity index (χ0v) is 16.9. The minimum atomic E-state index is -0.334. The van der Waals surface area contributed by atoms with Crippen molar-refractivity contribution in [3.63, 3.8) is 0 Å². The molecule has 1 N–H and O–H groups in total. The molecule has 3 aliphatic heterocycles. The Balaban J connectivity index is 1.57. The number of carbonyl (C=O) groups excluding carboxylic acids is 1. The molecule has 6 rings (SSSR count). The van der Waals surface area contributed by atoms with Gasteiger partial charge in [-0.1, -0.05) is 30.3 Å². The average Bonchev–Trinajstić information content (AvgIpc) is 3.44. The Hall–Kier alpha value is -3.32. The van der Waals surface area contributed by atoms with Gasteiger partial charge in [0.25, 0.3) is 5.91 Å². The number of hydrogen-bond acceptors (Lipinski definition) is 4. The van der Waals surface area contributed by atoms with E-state index in [1.54, 1.807) is 11.0 Å². The fraction of sp³-hybridized carbons (Fsp3) is 0.217. The van der Waals surface area contributed by atoms with Crippen LogP contribution in [-0.4, -0.2) is 45.2 Å². The Labute approximate surface area is 178 Å². The number of para-hydroxylation sites is 1. The molecule has 4 heterocycles. The van der Waals surface area contributed by atoms with E-state index in [1.165, 1.54) is 5.56 Å². The van der Waals surface area contributed by atoms with E-state index in [-0.39, 0.29) is 24.8 Å². The van der Waals surface area contributed by atoms with Crippen molar-refractivity contribution in [1.29, 1.82) is 0 Å². The average molecular weight is 417 g/mol. The van der Waals surface area contributed by atoms with Gasteiger partial charge in [0.1, 0.15) is 6.04 Å². The van der Waals surface area contributed by atoms with Gasteiger partial charge in [0.2, 0.25) is 6.79 Å². The lowest BCUT2D eigenvalue weighted by Crippen LogP contribution is -2.44. The third-order valence-corrected chi connectivity index (χ3v) is 6.59. The van der Waals surface area contributed by atoms with Crippen molar-refractivity contribution in [2.45, 2.75) is 18.5 Å². The molecule has 1 amide bonds. The number of fused-ring (bicyclic) bond motifs is 5. The standard InChI is InChI=1S/C23H19N3O3S/c1-2-9-25-22(27)17-11-15-14-5-3-4-6-16(14)24-20(15)21(26(17)23(25)30)13-7-8-18-19(10-13)29-12-28-18/h2-8,10,17,21,24H,1,9,11-12H2. The third kappa shape index (κ3) is 2.29. The van der Waals surface area contributed by atoms with Crippen LogP contribution in [0.4, 0.5) is 0 Å². The zero-order valence-electron chi connectivity index (χ0n) is 16.1. The molecule has 1 saturated heterocycles. The summed E-state index contributed by atoms with van der Waals surface area (Å²) >= 11 is 5.78. The summed E-state index contributed by atoms with van der Waals surface area (Å²) in [7, 11) is 0. The first-order valence-electron chi connectivity index (χ1n) is 9.91. The van der Waals surface area contributed by atoms with Crippen LogP contribution in [0.2, 0.25) is 0 Å². The second kappa shape index (κ2) is 6.34. The van der Waals surface area contributed by atoms with Crippen LogP contribution < -0.4 is 9.47 Å². The molecule has 150 valence electrons. The van der Waals surface area contributed by atoms with E-state index in [0.29, 0.717) is 23.8 Å². The van der Waals surface area contributed by atoms with Gasteiger partial charge < -0.3 is 19.4 Å². The van der Waals surface area contributed by atoms with E-state index in [2.05, 4.69) is 28.6 Å². The van der Waals surface area contributed by atoms with Gasteiger partial charge in [-0.2, -0.15) is 0 Å². The maximum absolute atomic E-state index is 13.3. The van der Waals surface area contributed by atoms with Gasteiger partial charge in [-0.25, -0.2) is 0 Å². The number of nitrogens with one attached hydrogen (secondary N) is 1. The van der Waals surface area contributed by atoms with E-state index in [1.807, 2.05) is 30.3 Å². The van der Waals surface area contributed by atoms with Gasteiger partial charge in [0.05, 0.1) is 6.04 Å². The lowest BCUT2D eigenvalue weighted by Gasteiger charge is -2.37. The first-order chi connectivity index (χ1) is 14.7. The summed E-state index contributed by atoms with van der Waals surface area (Å²) < 4.78 is 11.1. The molecule has 0 saturated carbocycles. The maximum Gasteiger partial charge on any atom is 0.252 e. The number of aromatic amines is 1. The minimum Gasteiger partial charge on any atom is -0.454 e. The molecule has 0 spiro atoms. The molecule has 7 heteroatoms. The predicted molar refractivity (Wildman–Crippen MR) is 117 cm³/mol. The van der Waals surface area contributed by atoms with Crippen molar-refractivity contribution in [2.75, 3.05) is 13.3 Å². The van der Waals surface area contributed by atoms with Crippen LogP contribution in [0.25, 0.3) is 10.9 Å². The number of benzene rings is 2. The summed E-state index contributed by atoms with van der Waals surface area (Å²) in [5, 5.41) is 1.69. The number of H-pyrrole nitrogens is 1. The monoisotopic (exact) mass is 417 g/mol. The van der Waals surface area contributed by atoms with Gasteiger partial charge in [-0.3, -0.25) is 9.69 Å². The summed E-state index contributed by atoms with van der Waals surface area (Å²) in [6.45, 7) is 4.42. The van der Waals surface area contributed by atoms with E-state index < -0.39 is 0 Å². The molecule has 0 bridgehead atoms. The number of aromatic nitrogens is 1. The quantitative estimate of drug-likeness (QED) is 0.522. The topological polar surface area (TPSA) is 57.8 Å². The zero-order chi connectivity index (χ0) is 20.4. The first kappa shape index (κ1) is 17.5. The Morgan fingerprint density at radius 1 is 1.20 bits per heavy atom. The van der Waals surface area contributed by atoms with Crippen molar-refractivity contribution in [3.05, 3.63) is 71.9 Å². The van der Waals surface area contributed by atoms with Gasteiger partial charge in [0.15, 0.2) is 16.6 Å². The van der Waals surface area contributed by atoms with Crippen LogP contribution in [-0.2, 0) is 11.2 Å². The molecule has 1 aromatic heterocycles. The van der Waals surface area contributed by atoms with E-state index >= 15 is 0 Å². The molecular weight excluding hydrogens is 398 g/mol. The molecule has 3 aromatic rings. The molecule has 1 fully saturated rings. The van der Waals surface area contributed by atoms with Crippen LogP contribution in [0.15, 0.2) is 55.1 Å². The SMILES string of the molecule is C=CCN1C(=O)C2Cc3c([nH]c4ccccc34)C(c3ccc4c(c3)OCO4)N2C1=S. The fourth-order valence-electron chi connectivity index (χ4n) is 4.86. The number of nitrogens with zero attached hydrogens (tertiary/aromatic N) is 2. The second-order valence-corrected chi connectivity index (χ2v) is 8.09. The van der Waals surface area contributed by atoms with Crippen LogP contribution in [0.5, 0.6) is 11.5 Å². The van der Waals surface area contributed by atoms with Gasteiger partial charge >= 0.3 is 0 Å². The highest BCUT2D eigenvalue weighted by Gasteiger charge is 2.50. The normalized spacial score (nSPS) is 21.9. The Kier molecular flexibility index (Phi) is 3.70. The van der Waals surface area contributed by atoms with Crippen molar-refractivity contribution >= 4 is 34.1 Å². The number of amides is 1. The molecule has 30 heavy (non-hydrogen) atoms.